The zero-order valence-electron chi connectivity index (χ0n) is 37.5. The summed E-state index contributed by atoms with van der Waals surface area (Å²) in [5.74, 6) is 0.447. The van der Waals surface area contributed by atoms with Crippen molar-refractivity contribution in [1.82, 2.24) is 4.57 Å². The summed E-state index contributed by atoms with van der Waals surface area (Å²) in [6, 6.07) is 76.3. The predicted octanol–water partition coefficient (Wildman–Crippen LogP) is 17.8. The van der Waals surface area contributed by atoms with Crippen molar-refractivity contribution in [2.45, 2.75) is 39.5 Å². The topological polar surface area (TPSA) is 8.17 Å². The van der Waals surface area contributed by atoms with E-state index in [-0.39, 0.29) is 5.41 Å². The maximum absolute atomic E-state index is 2.54. The lowest BCUT2D eigenvalue weighted by molar-refractivity contribution is 0.590. The van der Waals surface area contributed by atoms with Gasteiger partial charge in [0.2, 0.25) is 0 Å². The molecule has 2 heteroatoms. The third kappa shape index (κ3) is 7.16. The molecule has 1 heterocycles. The lowest BCUT2D eigenvalue weighted by Gasteiger charge is -2.32. The molecule has 11 rings (SSSR count). The number of hydrogen-bond acceptors (Lipinski definition) is 1. The molecule has 0 amide bonds. The molecule has 1 aliphatic carbocycles. The summed E-state index contributed by atoms with van der Waals surface area (Å²) in [6.07, 6.45) is 7.83. The van der Waals surface area contributed by atoms with Gasteiger partial charge in [-0.2, -0.15) is 0 Å². The largest absolute Gasteiger partial charge is 0.312 e. The van der Waals surface area contributed by atoms with Gasteiger partial charge < -0.3 is 9.47 Å². The second kappa shape index (κ2) is 16.5. The van der Waals surface area contributed by atoms with Gasteiger partial charge in [0.05, 0.1) is 28.1 Å². The molecule has 0 spiro atoms. The molecule has 0 N–H and O–H groups in total. The smallest absolute Gasteiger partial charge is 0.0617 e. The highest BCUT2D eigenvalue weighted by molar-refractivity contribution is 6.16. The highest BCUT2D eigenvalue weighted by Gasteiger charge is 2.27. The van der Waals surface area contributed by atoms with Crippen molar-refractivity contribution < 1.29 is 0 Å². The Morgan fingerprint density at radius 2 is 0.985 bits per heavy atom. The van der Waals surface area contributed by atoms with E-state index in [1.165, 1.54) is 77.2 Å². The van der Waals surface area contributed by atoms with Gasteiger partial charge in [-0.15, -0.1) is 0 Å². The number of fused-ring (bicyclic) bond motifs is 4. The Balaban J connectivity index is 1.21. The van der Waals surface area contributed by atoms with Crippen LogP contribution in [-0.2, 0) is 5.41 Å². The molecule has 0 bridgehead atoms. The second-order valence-electron chi connectivity index (χ2n) is 18.6. The molecule has 0 radical (unpaired) electrons. The number of allylic oxidation sites excluding steroid dienone is 4. The zero-order chi connectivity index (χ0) is 44.1. The number of nitrogens with zero attached hydrogens (tertiary/aromatic N) is 2. The summed E-state index contributed by atoms with van der Waals surface area (Å²) < 4.78 is 2.54. The molecule has 65 heavy (non-hydrogen) atoms. The van der Waals surface area contributed by atoms with E-state index in [0.717, 1.165) is 34.6 Å². The van der Waals surface area contributed by atoms with E-state index in [1.54, 1.807) is 0 Å². The molecular weight excluding hydrogens is 785 g/mol. The number of aromatic nitrogens is 1. The fourth-order valence-electron chi connectivity index (χ4n) is 10.2. The van der Waals surface area contributed by atoms with Gasteiger partial charge in [0, 0.05) is 38.7 Å². The first kappa shape index (κ1) is 40.1. The van der Waals surface area contributed by atoms with Crippen LogP contribution in [0.1, 0.15) is 39.7 Å². The highest BCUT2D eigenvalue weighted by Crippen LogP contribution is 2.51. The molecule has 1 unspecified atom stereocenters. The van der Waals surface area contributed by atoms with E-state index in [2.05, 4.69) is 262 Å². The Bertz CT molecular complexity index is 3440. The maximum atomic E-state index is 2.54. The van der Waals surface area contributed by atoms with E-state index in [4.69, 9.17) is 0 Å². The molecule has 1 aliphatic rings. The molecule has 2 nitrogen and oxygen atoms in total. The van der Waals surface area contributed by atoms with Crippen molar-refractivity contribution in [3.05, 3.63) is 230 Å². The molecule has 0 saturated heterocycles. The minimum Gasteiger partial charge on any atom is -0.312 e. The zero-order valence-corrected chi connectivity index (χ0v) is 37.5. The molecule has 1 atom stereocenters. The summed E-state index contributed by atoms with van der Waals surface area (Å²) in [4.78, 5) is 2.54. The van der Waals surface area contributed by atoms with Gasteiger partial charge in [0.25, 0.3) is 0 Å². The van der Waals surface area contributed by atoms with Gasteiger partial charge in [-0.25, -0.2) is 0 Å². The van der Waals surface area contributed by atoms with Crippen molar-refractivity contribution in [2.24, 2.45) is 5.92 Å². The fraction of sp³-hybridized carbons (Fsp3) is 0.111. The summed E-state index contributed by atoms with van der Waals surface area (Å²) in [5.41, 5.74) is 18.0. The third-order valence-corrected chi connectivity index (χ3v) is 13.3. The quantitative estimate of drug-likeness (QED) is 0.148. The van der Waals surface area contributed by atoms with E-state index >= 15 is 0 Å². The third-order valence-electron chi connectivity index (χ3n) is 13.3. The standard InChI is InChI=1S/C63H52N2/c1-43-20-16-25-48(42-43)64-58-35-13-10-28-52(58)55-32-19-33-56(62(55)64)53-29-11-15-37-60(53)65(57-34-12-8-26-49(57)45-38-40-47(41-39-45)63(2,3)4)59-36-14-9-27-51(59)54-31-18-24-46-23-17-30-50(61(46)54)44-21-6-5-7-22-44/h5-41,43H,42H2,1-4H3. The minimum absolute atomic E-state index is 0.0461. The van der Waals surface area contributed by atoms with Crippen LogP contribution in [0.4, 0.5) is 17.1 Å². The monoisotopic (exact) mass is 836 g/mol. The Morgan fingerprint density at radius 3 is 1.68 bits per heavy atom. The van der Waals surface area contributed by atoms with E-state index < -0.39 is 0 Å². The van der Waals surface area contributed by atoms with Crippen LogP contribution in [0.15, 0.2) is 224 Å². The average Bonchev–Trinajstić information content (AvgIpc) is 3.69. The number of rotatable bonds is 8. The first-order chi connectivity index (χ1) is 31.8. The normalized spacial score (nSPS) is 14.0. The van der Waals surface area contributed by atoms with Crippen LogP contribution in [0.25, 0.3) is 82.8 Å². The Labute approximate surface area is 383 Å². The molecule has 0 saturated carbocycles. The van der Waals surface area contributed by atoms with Crippen molar-refractivity contribution in [2.75, 3.05) is 4.90 Å². The second-order valence-corrected chi connectivity index (χ2v) is 18.6. The maximum Gasteiger partial charge on any atom is 0.0617 e. The van der Waals surface area contributed by atoms with Crippen molar-refractivity contribution in [3.63, 3.8) is 0 Å². The van der Waals surface area contributed by atoms with E-state index in [9.17, 15) is 0 Å². The first-order valence-corrected chi connectivity index (χ1v) is 23.0. The molecule has 9 aromatic carbocycles. The lowest BCUT2D eigenvalue weighted by Crippen LogP contribution is -2.14. The van der Waals surface area contributed by atoms with Crippen molar-refractivity contribution in [3.8, 4) is 44.5 Å². The molecule has 10 aromatic rings. The van der Waals surface area contributed by atoms with Crippen LogP contribution in [0.2, 0.25) is 0 Å². The SMILES string of the molecule is CC1C=CC=C(n2c3ccccc3c3cccc(-c4ccccc4N(c4ccccc4-c4ccc(C(C)(C)C)cc4)c4ccccc4-c4cccc5cccc(-c6ccccc6)c45)c32)C1. The van der Waals surface area contributed by atoms with Crippen molar-refractivity contribution >= 4 is 55.3 Å². The van der Waals surface area contributed by atoms with Gasteiger partial charge in [-0.05, 0) is 86.7 Å². The molecule has 1 aromatic heterocycles. The molecular formula is C63H52N2. The van der Waals surface area contributed by atoms with E-state index in [1.807, 2.05) is 0 Å². The Kier molecular flexibility index (Phi) is 10.2. The Morgan fingerprint density at radius 1 is 0.462 bits per heavy atom. The van der Waals surface area contributed by atoms with Crippen LogP contribution in [0, 0.1) is 5.92 Å². The molecule has 0 aliphatic heterocycles. The summed E-state index contributed by atoms with van der Waals surface area (Å²) >= 11 is 0. The van der Waals surface area contributed by atoms with Crippen LogP contribution >= 0.6 is 0 Å². The predicted molar refractivity (Wildman–Crippen MR) is 279 cm³/mol. The lowest BCUT2D eigenvalue weighted by atomic mass is 9.86. The molecule has 0 fully saturated rings. The first-order valence-electron chi connectivity index (χ1n) is 23.0. The number of para-hydroxylation sites is 5. The summed E-state index contributed by atoms with van der Waals surface area (Å²) in [5, 5.41) is 4.98. The fourth-order valence-corrected chi connectivity index (χ4v) is 10.2. The van der Waals surface area contributed by atoms with Gasteiger partial charge in [0.1, 0.15) is 0 Å². The van der Waals surface area contributed by atoms with E-state index in [0.29, 0.717) is 5.92 Å². The average molecular weight is 837 g/mol. The van der Waals surface area contributed by atoms with Crippen LogP contribution in [0.3, 0.4) is 0 Å². The minimum atomic E-state index is 0.0461. The number of anilines is 3. The van der Waals surface area contributed by atoms with Crippen LogP contribution < -0.4 is 4.90 Å². The van der Waals surface area contributed by atoms with Gasteiger partial charge in [-0.1, -0.05) is 222 Å². The number of hydrogen-bond donors (Lipinski definition) is 0. The summed E-state index contributed by atoms with van der Waals surface area (Å²) in [6.45, 7) is 9.16. The molecule has 314 valence electrons. The number of benzene rings is 9. The van der Waals surface area contributed by atoms with Gasteiger partial charge in [-0.3, -0.25) is 0 Å². The van der Waals surface area contributed by atoms with Crippen LogP contribution in [0.5, 0.6) is 0 Å². The Hall–Kier alpha value is -7.68. The van der Waals surface area contributed by atoms with Gasteiger partial charge >= 0.3 is 0 Å². The van der Waals surface area contributed by atoms with Crippen LogP contribution in [-0.4, -0.2) is 4.57 Å². The van der Waals surface area contributed by atoms with Gasteiger partial charge in [0.15, 0.2) is 0 Å². The van der Waals surface area contributed by atoms with Crippen molar-refractivity contribution in [1.29, 1.82) is 0 Å². The summed E-state index contributed by atoms with van der Waals surface area (Å²) in [7, 11) is 0. The highest BCUT2D eigenvalue weighted by atomic mass is 15.2.